The Kier molecular flexibility index (Phi) is 3.25. The molecule has 0 aliphatic carbocycles. The average Bonchev–Trinajstić information content (AvgIpc) is 3.07. The second kappa shape index (κ2) is 5.05. The second-order valence-corrected chi connectivity index (χ2v) is 4.96. The highest BCUT2D eigenvalue weighted by Crippen LogP contribution is 2.28. The molecule has 0 bridgehead atoms. The van der Waals surface area contributed by atoms with E-state index in [-0.39, 0.29) is 0 Å². The molecule has 1 fully saturated rings. The van der Waals surface area contributed by atoms with Crippen molar-refractivity contribution in [1.29, 1.82) is 0 Å². The fourth-order valence-corrected chi connectivity index (χ4v) is 2.67. The molecule has 1 atom stereocenters. The molecule has 1 saturated heterocycles. The van der Waals surface area contributed by atoms with Crippen LogP contribution in [-0.4, -0.2) is 23.4 Å². The maximum Gasteiger partial charge on any atom is 0.119 e. The molecule has 1 aromatic heterocycles. The van der Waals surface area contributed by atoms with Gasteiger partial charge in [0.15, 0.2) is 0 Å². The summed E-state index contributed by atoms with van der Waals surface area (Å²) < 4.78 is 7.25. The summed E-state index contributed by atoms with van der Waals surface area (Å²) in [5.74, 6) is 0.865. The van der Waals surface area contributed by atoms with Crippen molar-refractivity contribution in [3.05, 3.63) is 36.0 Å². The minimum atomic E-state index is 0.442. The minimum absolute atomic E-state index is 0.442. The van der Waals surface area contributed by atoms with E-state index in [9.17, 15) is 0 Å². The highest BCUT2D eigenvalue weighted by atomic mass is 16.5. The topological polar surface area (TPSA) is 39.1 Å². The van der Waals surface area contributed by atoms with E-state index in [2.05, 4.69) is 22.5 Å². The second-order valence-electron chi connectivity index (χ2n) is 4.96. The Labute approximate surface area is 113 Å². The number of nitrogens with zero attached hydrogens (tertiary/aromatic N) is 2. The summed E-state index contributed by atoms with van der Waals surface area (Å²) in [7, 11) is 3.70. The van der Waals surface area contributed by atoms with Crippen LogP contribution in [0.5, 0.6) is 5.75 Å². The van der Waals surface area contributed by atoms with E-state index in [1.165, 1.54) is 18.5 Å². The van der Waals surface area contributed by atoms with E-state index >= 15 is 0 Å². The van der Waals surface area contributed by atoms with Crippen LogP contribution in [0.4, 0.5) is 0 Å². The zero-order chi connectivity index (χ0) is 13.2. The summed E-state index contributed by atoms with van der Waals surface area (Å²) in [5, 5.41) is 8.14. The number of rotatable bonds is 3. The Bertz CT molecular complexity index is 571. The molecule has 0 saturated carbocycles. The monoisotopic (exact) mass is 257 g/mol. The lowest BCUT2D eigenvalue weighted by atomic mass is 10.1. The van der Waals surface area contributed by atoms with Gasteiger partial charge in [-0.05, 0) is 37.6 Å². The Morgan fingerprint density at radius 2 is 2.26 bits per heavy atom. The van der Waals surface area contributed by atoms with Gasteiger partial charge in [0.25, 0.3) is 0 Å². The molecule has 0 amide bonds. The van der Waals surface area contributed by atoms with Crippen molar-refractivity contribution in [3.8, 4) is 17.0 Å². The number of methoxy groups -OCH3 is 1. The lowest BCUT2D eigenvalue weighted by Gasteiger charge is -2.09. The Morgan fingerprint density at radius 1 is 1.37 bits per heavy atom. The molecule has 2 aromatic rings. The van der Waals surface area contributed by atoms with Crippen LogP contribution < -0.4 is 10.1 Å². The van der Waals surface area contributed by atoms with E-state index in [1.807, 2.05) is 29.9 Å². The van der Waals surface area contributed by atoms with Gasteiger partial charge in [-0.2, -0.15) is 5.10 Å². The largest absolute Gasteiger partial charge is 0.497 e. The fourth-order valence-electron chi connectivity index (χ4n) is 2.67. The van der Waals surface area contributed by atoms with Gasteiger partial charge in [0, 0.05) is 18.7 Å². The smallest absolute Gasteiger partial charge is 0.119 e. The van der Waals surface area contributed by atoms with Crippen molar-refractivity contribution in [1.82, 2.24) is 15.1 Å². The fraction of sp³-hybridized carbons (Fsp3) is 0.400. The third kappa shape index (κ3) is 2.36. The number of benzene rings is 1. The summed E-state index contributed by atoms with van der Waals surface area (Å²) in [5.41, 5.74) is 3.36. The van der Waals surface area contributed by atoms with Crippen molar-refractivity contribution in [2.75, 3.05) is 13.7 Å². The maximum absolute atomic E-state index is 5.27. The summed E-state index contributed by atoms with van der Waals surface area (Å²) in [6, 6.07) is 10.7. The molecular weight excluding hydrogens is 238 g/mol. The normalized spacial score (nSPS) is 18.7. The van der Waals surface area contributed by atoms with E-state index < -0.39 is 0 Å². The first-order valence-corrected chi connectivity index (χ1v) is 6.69. The molecule has 100 valence electrons. The number of aryl methyl sites for hydroxylation is 1. The van der Waals surface area contributed by atoms with Gasteiger partial charge in [-0.1, -0.05) is 12.1 Å². The van der Waals surface area contributed by atoms with Crippen LogP contribution in [0.15, 0.2) is 30.3 Å². The van der Waals surface area contributed by atoms with Crippen molar-refractivity contribution in [3.63, 3.8) is 0 Å². The van der Waals surface area contributed by atoms with Crippen LogP contribution in [0.2, 0.25) is 0 Å². The molecule has 1 unspecified atom stereocenters. The van der Waals surface area contributed by atoms with Gasteiger partial charge >= 0.3 is 0 Å². The highest BCUT2D eigenvalue weighted by Gasteiger charge is 2.20. The van der Waals surface area contributed by atoms with Crippen LogP contribution in [0.25, 0.3) is 11.3 Å². The van der Waals surface area contributed by atoms with Crippen molar-refractivity contribution >= 4 is 0 Å². The van der Waals surface area contributed by atoms with Gasteiger partial charge in [0.1, 0.15) is 5.75 Å². The average molecular weight is 257 g/mol. The zero-order valence-corrected chi connectivity index (χ0v) is 11.4. The summed E-state index contributed by atoms with van der Waals surface area (Å²) >= 11 is 0. The summed E-state index contributed by atoms with van der Waals surface area (Å²) in [6.07, 6.45) is 2.43. The molecule has 1 aliphatic rings. The van der Waals surface area contributed by atoms with Crippen molar-refractivity contribution < 1.29 is 4.74 Å². The maximum atomic E-state index is 5.27. The number of ether oxygens (including phenoxy) is 1. The molecule has 4 nitrogen and oxygen atoms in total. The predicted molar refractivity (Wildman–Crippen MR) is 75.2 cm³/mol. The molecule has 2 heterocycles. The Balaban J connectivity index is 1.94. The number of nitrogens with one attached hydrogen (secondary N) is 1. The van der Waals surface area contributed by atoms with E-state index in [1.54, 1.807) is 7.11 Å². The van der Waals surface area contributed by atoms with Crippen molar-refractivity contribution in [2.24, 2.45) is 7.05 Å². The van der Waals surface area contributed by atoms with E-state index in [4.69, 9.17) is 4.74 Å². The van der Waals surface area contributed by atoms with Crippen molar-refractivity contribution in [2.45, 2.75) is 18.9 Å². The van der Waals surface area contributed by atoms with Crippen LogP contribution in [0.1, 0.15) is 24.6 Å². The predicted octanol–water partition coefficient (Wildman–Crippen LogP) is 2.52. The van der Waals surface area contributed by atoms with Gasteiger partial charge < -0.3 is 10.1 Å². The van der Waals surface area contributed by atoms with Gasteiger partial charge in [-0.15, -0.1) is 0 Å². The van der Waals surface area contributed by atoms with Crippen LogP contribution >= 0.6 is 0 Å². The Hall–Kier alpha value is -1.81. The SMILES string of the molecule is COc1cccc(-c2cc(C3CCCN3)n(C)n2)c1. The standard InChI is InChI=1S/C15H19N3O/c1-18-15(13-7-4-8-16-13)10-14(17-18)11-5-3-6-12(9-11)19-2/h3,5-6,9-10,13,16H,4,7-8H2,1-2H3. The summed E-state index contributed by atoms with van der Waals surface area (Å²) in [6.45, 7) is 1.10. The summed E-state index contributed by atoms with van der Waals surface area (Å²) in [4.78, 5) is 0. The first-order valence-electron chi connectivity index (χ1n) is 6.69. The molecule has 1 aromatic carbocycles. The lowest BCUT2D eigenvalue weighted by Crippen LogP contribution is -2.16. The van der Waals surface area contributed by atoms with Crippen LogP contribution in [0, 0.1) is 0 Å². The lowest BCUT2D eigenvalue weighted by molar-refractivity contribution is 0.415. The number of hydrogen-bond donors (Lipinski definition) is 1. The Morgan fingerprint density at radius 3 is 3.00 bits per heavy atom. The van der Waals surface area contributed by atoms with E-state index in [0.717, 1.165) is 23.6 Å². The molecular formula is C15H19N3O. The van der Waals surface area contributed by atoms with Crippen LogP contribution in [0.3, 0.4) is 0 Å². The van der Waals surface area contributed by atoms with Gasteiger partial charge in [-0.3, -0.25) is 4.68 Å². The number of hydrogen-bond acceptors (Lipinski definition) is 3. The molecule has 4 heteroatoms. The molecule has 0 spiro atoms. The third-order valence-electron chi connectivity index (χ3n) is 3.70. The zero-order valence-electron chi connectivity index (χ0n) is 11.4. The highest BCUT2D eigenvalue weighted by molar-refractivity contribution is 5.61. The van der Waals surface area contributed by atoms with Gasteiger partial charge in [-0.25, -0.2) is 0 Å². The van der Waals surface area contributed by atoms with Gasteiger partial charge in [0.2, 0.25) is 0 Å². The third-order valence-corrected chi connectivity index (χ3v) is 3.70. The molecule has 0 radical (unpaired) electrons. The minimum Gasteiger partial charge on any atom is -0.497 e. The molecule has 1 N–H and O–H groups in total. The number of aromatic nitrogens is 2. The molecule has 19 heavy (non-hydrogen) atoms. The van der Waals surface area contributed by atoms with E-state index in [0.29, 0.717) is 6.04 Å². The van der Waals surface area contributed by atoms with Gasteiger partial charge in [0.05, 0.1) is 18.5 Å². The first-order chi connectivity index (χ1) is 9.28. The molecule has 1 aliphatic heterocycles. The quantitative estimate of drug-likeness (QED) is 0.918. The van der Waals surface area contributed by atoms with Crippen LogP contribution in [-0.2, 0) is 7.05 Å². The first kappa shape index (κ1) is 12.2. The molecule has 3 rings (SSSR count).